The fourth-order valence-corrected chi connectivity index (χ4v) is 4.32. The summed E-state index contributed by atoms with van der Waals surface area (Å²) in [5, 5.41) is 5.08. The topological polar surface area (TPSA) is 170 Å². The zero-order valence-electron chi connectivity index (χ0n) is 22.5. The molecule has 0 saturated heterocycles. The Bertz CT molecular complexity index is 1460. The van der Waals surface area contributed by atoms with Gasteiger partial charge in [0.2, 0.25) is 0 Å². The van der Waals surface area contributed by atoms with Gasteiger partial charge in [0.05, 0.1) is 16.6 Å². The number of sulfonamides is 1. The van der Waals surface area contributed by atoms with Crippen molar-refractivity contribution in [2.75, 3.05) is 19.7 Å². The van der Waals surface area contributed by atoms with Gasteiger partial charge in [-0.2, -0.15) is 0 Å². The van der Waals surface area contributed by atoms with Crippen molar-refractivity contribution in [3.05, 3.63) is 89.7 Å². The number of hydrogen-bond acceptors (Lipinski definition) is 9. The minimum atomic E-state index is -4.19. The molecule has 0 saturated carbocycles. The monoisotopic (exact) mass is 582 g/mol. The van der Waals surface area contributed by atoms with Gasteiger partial charge in [0.15, 0.2) is 6.61 Å². The zero-order valence-corrected chi connectivity index (χ0v) is 23.3. The Morgan fingerprint density at radius 2 is 1.59 bits per heavy atom. The number of esters is 1. The lowest BCUT2D eigenvalue weighted by molar-refractivity contribution is -0.146. The molecule has 1 aromatic heterocycles. The van der Waals surface area contributed by atoms with E-state index in [1.807, 2.05) is 10.8 Å². The smallest absolute Gasteiger partial charge is 0.325 e. The van der Waals surface area contributed by atoms with Crippen LogP contribution < -0.4 is 20.1 Å². The second kappa shape index (κ2) is 14.6. The first kappa shape index (κ1) is 30.8. The number of nitrogens with zero attached hydrogens (tertiary/aromatic N) is 1. The summed E-state index contributed by atoms with van der Waals surface area (Å²) in [6.45, 7) is 3.20. The summed E-state index contributed by atoms with van der Waals surface area (Å²) < 4.78 is 37.6. The second-order valence-electron chi connectivity index (χ2n) is 8.93. The van der Waals surface area contributed by atoms with Crippen LogP contribution in [0, 0.1) is 0 Å². The largest absolute Gasteiger partial charge is 0.484 e. The molecule has 12 nitrogen and oxygen atoms in total. The molecule has 3 N–H and O–H groups in total. The first-order chi connectivity index (χ1) is 19.5. The average molecular weight is 583 g/mol. The van der Waals surface area contributed by atoms with Crippen LogP contribution in [0.3, 0.4) is 0 Å². The van der Waals surface area contributed by atoms with E-state index in [0.717, 1.165) is 11.8 Å². The Hall–Kier alpha value is -4.78. The second-order valence-corrected chi connectivity index (χ2v) is 10.6. The van der Waals surface area contributed by atoms with Crippen molar-refractivity contribution in [2.45, 2.75) is 31.3 Å². The summed E-state index contributed by atoms with van der Waals surface area (Å²) in [6, 6.07) is 17.3. The van der Waals surface area contributed by atoms with Crippen LogP contribution in [0.1, 0.15) is 40.3 Å². The molecule has 0 spiro atoms. The van der Waals surface area contributed by atoms with Crippen LogP contribution in [0.2, 0.25) is 0 Å². The molecular weight excluding hydrogens is 552 g/mol. The van der Waals surface area contributed by atoms with Crippen LogP contribution >= 0.6 is 0 Å². The van der Waals surface area contributed by atoms with Crippen molar-refractivity contribution in [2.24, 2.45) is 0 Å². The molecule has 3 aromatic rings. The number of hydrogen-bond donors (Lipinski definition) is 3. The van der Waals surface area contributed by atoms with Crippen LogP contribution in [0.15, 0.2) is 77.8 Å². The number of para-hydroxylation sites is 1. The maximum atomic E-state index is 12.7. The van der Waals surface area contributed by atoms with Crippen LogP contribution in [0.25, 0.3) is 0 Å². The summed E-state index contributed by atoms with van der Waals surface area (Å²) in [4.78, 5) is 51.9. The highest BCUT2D eigenvalue weighted by atomic mass is 32.2. The highest BCUT2D eigenvalue weighted by Gasteiger charge is 2.20. The van der Waals surface area contributed by atoms with Crippen molar-refractivity contribution < 1.29 is 37.1 Å². The quantitative estimate of drug-likeness (QED) is 0.253. The summed E-state index contributed by atoms with van der Waals surface area (Å²) in [5.41, 5.74) is 0.611. The van der Waals surface area contributed by atoms with Gasteiger partial charge in [0.25, 0.3) is 27.7 Å². The van der Waals surface area contributed by atoms with E-state index in [-0.39, 0.29) is 41.3 Å². The summed E-state index contributed by atoms with van der Waals surface area (Å²) in [5.74, 6) is -1.91. The minimum absolute atomic E-state index is 0.0720. The maximum Gasteiger partial charge on any atom is 0.325 e. The Labute approximate surface area is 237 Å². The third-order valence-corrected chi connectivity index (χ3v) is 6.68. The maximum absolute atomic E-state index is 12.7. The highest BCUT2D eigenvalue weighted by molar-refractivity contribution is 7.90. The molecule has 0 bridgehead atoms. The van der Waals surface area contributed by atoms with Crippen molar-refractivity contribution in [1.29, 1.82) is 0 Å². The van der Waals surface area contributed by atoms with E-state index >= 15 is 0 Å². The van der Waals surface area contributed by atoms with Gasteiger partial charge in [0, 0.05) is 12.7 Å². The number of carbonyl (C=O) groups is 4. The first-order valence-electron chi connectivity index (χ1n) is 12.6. The Balaban J connectivity index is 1.46. The van der Waals surface area contributed by atoms with Gasteiger partial charge in [-0.15, -0.1) is 0 Å². The minimum Gasteiger partial charge on any atom is -0.484 e. The summed E-state index contributed by atoms with van der Waals surface area (Å²) >= 11 is 0. The lowest BCUT2D eigenvalue weighted by Gasteiger charge is -2.10. The standard InChI is InChI=1S/C28H30N4O8S/c1-19(2)40-26(34)17-31-28(36)24-13-10-21(16-30-24)27(35)32-41(37,38)23-11-8-20(9-12-23)14-15-29-25(33)18-39-22-6-4-3-5-7-22/h3-13,16,19H,14-15,17-18H2,1-2H3,(H,29,33)(H,31,36)(H,32,35). The van der Waals surface area contributed by atoms with Gasteiger partial charge in [-0.05, 0) is 62.2 Å². The van der Waals surface area contributed by atoms with Gasteiger partial charge in [-0.1, -0.05) is 30.3 Å². The molecule has 13 heteroatoms. The average Bonchev–Trinajstić information content (AvgIpc) is 2.95. The molecule has 1 heterocycles. The molecule has 216 valence electrons. The zero-order chi connectivity index (χ0) is 29.8. The first-order valence-corrected chi connectivity index (χ1v) is 14.1. The molecule has 0 aliphatic rings. The Morgan fingerprint density at radius 3 is 2.22 bits per heavy atom. The molecule has 0 radical (unpaired) electrons. The van der Waals surface area contributed by atoms with Crippen LogP contribution in [-0.4, -0.2) is 62.9 Å². The van der Waals surface area contributed by atoms with Crippen LogP contribution in [0.5, 0.6) is 5.75 Å². The SMILES string of the molecule is CC(C)OC(=O)CNC(=O)c1ccc(C(=O)NS(=O)(=O)c2ccc(CCNC(=O)COc3ccccc3)cc2)cn1. The molecule has 0 aliphatic heterocycles. The molecule has 2 aromatic carbocycles. The predicted molar refractivity (Wildman–Crippen MR) is 148 cm³/mol. The summed E-state index contributed by atoms with van der Waals surface area (Å²) in [7, 11) is -4.19. The lowest BCUT2D eigenvalue weighted by Crippen LogP contribution is -2.32. The predicted octanol–water partition coefficient (Wildman–Crippen LogP) is 1.62. The molecule has 0 unspecified atom stereocenters. The number of nitrogens with one attached hydrogen (secondary N) is 3. The van der Waals surface area contributed by atoms with Gasteiger partial charge in [0.1, 0.15) is 18.0 Å². The van der Waals surface area contributed by atoms with Gasteiger partial charge < -0.3 is 20.1 Å². The van der Waals surface area contributed by atoms with Gasteiger partial charge in [-0.3, -0.25) is 24.2 Å². The molecular formula is C28H30N4O8S. The van der Waals surface area contributed by atoms with E-state index in [2.05, 4.69) is 15.6 Å². The highest BCUT2D eigenvalue weighted by Crippen LogP contribution is 2.12. The molecule has 3 rings (SSSR count). The number of amides is 3. The van der Waals surface area contributed by atoms with Crippen LogP contribution in [-0.2, 0) is 30.8 Å². The number of aromatic nitrogens is 1. The van der Waals surface area contributed by atoms with E-state index in [1.165, 1.54) is 24.3 Å². The van der Waals surface area contributed by atoms with Crippen molar-refractivity contribution >= 4 is 33.7 Å². The lowest BCUT2D eigenvalue weighted by atomic mass is 10.1. The van der Waals surface area contributed by atoms with E-state index in [9.17, 15) is 27.6 Å². The van der Waals surface area contributed by atoms with Crippen molar-refractivity contribution in [3.8, 4) is 5.75 Å². The van der Waals surface area contributed by atoms with E-state index in [4.69, 9.17) is 9.47 Å². The molecule has 0 atom stereocenters. The number of rotatable bonds is 13. The van der Waals surface area contributed by atoms with E-state index in [1.54, 1.807) is 50.2 Å². The molecule has 3 amide bonds. The van der Waals surface area contributed by atoms with Crippen LogP contribution in [0.4, 0.5) is 0 Å². The van der Waals surface area contributed by atoms with Gasteiger partial charge in [-0.25, -0.2) is 13.1 Å². The number of ether oxygens (including phenoxy) is 2. The normalized spacial score (nSPS) is 10.9. The Kier molecular flexibility index (Phi) is 10.9. The van der Waals surface area contributed by atoms with Crippen molar-refractivity contribution in [3.63, 3.8) is 0 Å². The fourth-order valence-electron chi connectivity index (χ4n) is 3.35. The summed E-state index contributed by atoms with van der Waals surface area (Å²) in [6.07, 6.45) is 1.18. The van der Waals surface area contributed by atoms with E-state index in [0.29, 0.717) is 18.7 Å². The third kappa shape index (κ3) is 10.0. The van der Waals surface area contributed by atoms with Gasteiger partial charge >= 0.3 is 5.97 Å². The fraction of sp³-hybridized carbons (Fsp3) is 0.250. The Morgan fingerprint density at radius 1 is 0.878 bits per heavy atom. The number of pyridine rings is 1. The van der Waals surface area contributed by atoms with Crippen molar-refractivity contribution in [1.82, 2.24) is 20.3 Å². The molecule has 41 heavy (non-hydrogen) atoms. The van der Waals surface area contributed by atoms with E-state index < -0.39 is 27.8 Å². The third-order valence-electron chi connectivity index (χ3n) is 5.33. The number of benzene rings is 2. The molecule has 0 fully saturated rings. The number of carbonyl (C=O) groups excluding carboxylic acids is 4. The molecule has 0 aliphatic carbocycles.